The zero-order chi connectivity index (χ0) is 20.8. The summed E-state index contributed by atoms with van der Waals surface area (Å²) in [5.74, 6) is -1.00. The van der Waals surface area contributed by atoms with Gasteiger partial charge in [0.2, 0.25) is 0 Å². The third-order valence-corrected chi connectivity index (χ3v) is 4.78. The van der Waals surface area contributed by atoms with E-state index in [-0.39, 0.29) is 5.97 Å². The number of esters is 1. The predicted octanol–water partition coefficient (Wildman–Crippen LogP) is 4.80. The Hall–Kier alpha value is -2.62. The maximum absolute atomic E-state index is 11.5. The Balaban J connectivity index is 0.000000271. The minimum Gasteiger partial charge on any atom is -0.481 e. The van der Waals surface area contributed by atoms with Crippen LogP contribution in [0.5, 0.6) is 0 Å². The molecule has 0 heterocycles. The van der Waals surface area contributed by atoms with Crippen LogP contribution in [0.4, 0.5) is 0 Å². The third kappa shape index (κ3) is 5.68. The number of methoxy groups -OCH3 is 1. The predicted molar refractivity (Wildman–Crippen MR) is 108 cm³/mol. The molecule has 2 aromatic rings. The van der Waals surface area contributed by atoms with Crippen LogP contribution < -0.4 is 0 Å². The molecule has 4 heteroatoms. The van der Waals surface area contributed by atoms with Gasteiger partial charge in [-0.25, -0.2) is 0 Å². The quantitative estimate of drug-likeness (QED) is 0.785. The first-order valence-corrected chi connectivity index (χ1v) is 8.89. The summed E-state index contributed by atoms with van der Waals surface area (Å²) in [6.45, 7) is 11.2. The van der Waals surface area contributed by atoms with E-state index in [0.717, 1.165) is 16.7 Å². The average Bonchev–Trinajstić information content (AvgIpc) is 2.62. The number of rotatable bonds is 4. The van der Waals surface area contributed by atoms with Gasteiger partial charge in [-0.05, 0) is 52.7 Å². The summed E-state index contributed by atoms with van der Waals surface area (Å²) in [6.07, 6.45) is 0. The van der Waals surface area contributed by atoms with E-state index in [4.69, 9.17) is 9.84 Å². The number of carboxylic acid groups (broad SMARTS) is 1. The number of aryl methyl sites for hydroxylation is 2. The lowest BCUT2D eigenvalue weighted by Crippen LogP contribution is -2.30. The van der Waals surface area contributed by atoms with Crippen molar-refractivity contribution in [3.8, 4) is 0 Å². The van der Waals surface area contributed by atoms with Gasteiger partial charge in [0.1, 0.15) is 0 Å². The molecule has 1 N–H and O–H groups in total. The first-order chi connectivity index (χ1) is 12.4. The molecule has 0 atom stereocenters. The molecule has 0 fully saturated rings. The normalized spacial score (nSPS) is 11.2. The van der Waals surface area contributed by atoms with E-state index in [0.29, 0.717) is 0 Å². The molecule has 0 unspecified atom stereocenters. The molecule has 0 radical (unpaired) electrons. The van der Waals surface area contributed by atoms with E-state index >= 15 is 0 Å². The van der Waals surface area contributed by atoms with Crippen LogP contribution in [0.3, 0.4) is 0 Å². The highest BCUT2D eigenvalue weighted by atomic mass is 16.5. The number of benzene rings is 2. The van der Waals surface area contributed by atoms with Crippen molar-refractivity contribution >= 4 is 11.9 Å². The minimum atomic E-state index is -0.798. The van der Waals surface area contributed by atoms with E-state index < -0.39 is 16.8 Å². The fraction of sp³-hybridized carbons (Fsp3) is 0.391. The van der Waals surface area contributed by atoms with Gasteiger partial charge in [0.25, 0.3) is 0 Å². The number of carboxylic acids is 1. The molecule has 0 bridgehead atoms. The van der Waals surface area contributed by atoms with Gasteiger partial charge in [-0.2, -0.15) is 0 Å². The third-order valence-electron chi connectivity index (χ3n) is 4.78. The summed E-state index contributed by atoms with van der Waals surface area (Å²) in [4.78, 5) is 22.4. The second kappa shape index (κ2) is 8.85. The highest BCUT2D eigenvalue weighted by Crippen LogP contribution is 2.25. The highest BCUT2D eigenvalue weighted by Gasteiger charge is 2.30. The second-order valence-electron chi connectivity index (χ2n) is 7.78. The summed E-state index contributed by atoms with van der Waals surface area (Å²) in [5, 5.41) is 8.96. The maximum Gasteiger partial charge on any atom is 0.315 e. The average molecular weight is 370 g/mol. The van der Waals surface area contributed by atoms with Crippen molar-refractivity contribution in [2.75, 3.05) is 7.11 Å². The van der Waals surface area contributed by atoms with Crippen LogP contribution in [0.1, 0.15) is 49.9 Å². The molecule has 0 aliphatic heterocycles. The lowest BCUT2D eigenvalue weighted by atomic mass is 9.84. The molecule has 0 aliphatic carbocycles. The summed E-state index contributed by atoms with van der Waals surface area (Å²) < 4.78 is 4.76. The smallest absolute Gasteiger partial charge is 0.315 e. The largest absolute Gasteiger partial charge is 0.481 e. The van der Waals surface area contributed by atoms with Crippen LogP contribution in [0.25, 0.3) is 0 Å². The van der Waals surface area contributed by atoms with Gasteiger partial charge < -0.3 is 9.84 Å². The number of carbonyl (C=O) groups excluding carboxylic acids is 1. The number of hydrogen-bond acceptors (Lipinski definition) is 3. The number of aliphatic carboxylic acids is 1. The van der Waals surface area contributed by atoms with E-state index in [1.807, 2.05) is 76.2 Å². The van der Waals surface area contributed by atoms with Crippen molar-refractivity contribution in [2.45, 2.75) is 52.4 Å². The Morgan fingerprint density at radius 1 is 0.741 bits per heavy atom. The van der Waals surface area contributed by atoms with E-state index in [9.17, 15) is 9.59 Å². The Morgan fingerprint density at radius 2 is 1.07 bits per heavy atom. The molecule has 0 aromatic heterocycles. The van der Waals surface area contributed by atoms with Gasteiger partial charge in [-0.1, -0.05) is 59.7 Å². The molecule has 146 valence electrons. The first kappa shape index (κ1) is 22.4. The van der Waals surface area contributed by atoms with Crippen LogP contribution >= 0.6 is 0 Å². The Bertz CT molecular complexity index is 769. The van der Waals surface area contributed by atoms with E-state index in [1.54, 1.807) is 13.8 Å². The molecule has 0 saturated carbocycles. The summed E-state index contributed by atoms with van der Waals surface area (Å²) >= 11 is 0. The van der Waals surface area contributed by atoms with Crippen LogP contribution in [-0.2, 0) is 25.2 Å². The molecule has 0 spiro atoms. The van der Waals surface area contributed by atoms with Gasteiger partial charge >= 0.3 is 11.9 Å². The van der Waals surface area contributed by atoms with Gasteiger partial charge in [0.05, 0.1) is 17.9 Å². The van der Waals surface area contributed by atoms with Crippen LogP contribution in [0.15, 0.2) is 48.5 Å². The molecule has 0 amide bonds. The highest BCUT2D eigenvalue weighted by molar-refractivity contribution is 5.82. The van der Waals surface area contributed by atoms with Crippen molar-refractivity contribution < 1.29 is 19.4 Å². The van der Waals surface area contributed by atoms with Crippen LogP contribution in [0.2, 0.25) is 0 Å². The topological polar surface area (TPSA) is 63.6 Å². The fourth-order valence-electron chi connectivity index (χ4n) is 2.44. The molecule has 2 rings (SSSR count). The number of ether oxygens (including phenoxy) is 1. The minimum absolute atomic E-state index is 0.207. The van der Waals surface area contributed by atoms with Gasteiger partial charge in [0.15, 0.2) is 0 Å². The maximum atomic E-state index is 11.5. The number of carbonyl (C=O) groups is 2. The van der Waals surface area contributed by atoms with Crippen molar-refractivity contribution in [3.63, 3.8) is 0 Å². The summed E-state index contributed by atoms with van der Waals surface area (Å²) in [5.41, 5.74) is 2.79. The number of hydrogen-bond donors (Lipinski definition) is 1. The standard InChI is InChI=1S/C12H16O2.C11H14O2/c1-9-5-7-10(8-6-9)12(2,3)11(13)14-4;1-8-4-6-9(7-5-8)11(2,3)10(12)13/h5-8H,1-4H3;4-7H,1-3H3,(H,12,13). The summed E-state index contributed by atoms with van der Waals surface area (Å²) in [7, 11) is 1.41. The molecule has 0 aliphatic rings. The lowest BCUT2D eigenvalue weighted by Gasteiger charge is -2.21. The Labute approximate surface area is 162 Å². The van der Waals surface area contributed by atoms with E-state index in [1.165, 1.54) is 12.7 Å². The monoisotopic (exact) mass is 370 g/mol. The zero-order valence-corrected chi connectivity index (χ0v) is 17.3. The Morgan fingerprint density at radius 3 is 1.37 bits per heavy atom. The first-order valence-electron chi connectivity index (χ1n) is 8.89. The van der Waals surface area contributed by atoms with Crippen molar-refractivity contribution in [3.05, 3.63) is 70.8 Å². The zero-order valence-electron chi connectivity index (χ0n) is 17.3. The van der Waals surface area contributed by atoms with Gasteiger partial charge in [-0.15, -0.1) is 0 Å². The lowest BCUT2D eigenvalue weighted by molar-refractivity contribution is -0.146. The molecular formula is C23H30O4. The van der Waals surface area contributed by atoms with E-state index in [2.05, 4.69) is 0 Å². The fourth-order valence-corrected chi connectivity index (χ4v) is 2.44. The summed E-state index contributed by atoms with van der Waals surface area (Å²) in [6, 6.07) is 15.5. The molecule has 4 nitrogen and oxygen atoms in total. The molecule has 2 aromatic carbocycles. The molecular weight excluding hydrogens is 340 g/mol. The van der Waals surface area contributed by atoms with Gasteiger partial charge in [0, 0.05) is 0 Å². The van der Waals surface area contributed by atoms with Crippen LogP contribution in [-0.4, -0.2) is 24.2 Å². The van der Waals surface area contributed by atoms with Crippen LogP contribution in [0, 0.1) is 13.8 Å². The van der Waals surface area contributed by atoms with Gasteiger partial charge in [-0.3, -0.25) is 9.59 Å². The molecule has 0 saturated heterocycles. The van der Waals surface area contributed by atoms with Crippen molar-refractivity contribution in [1.82, 2.24) is 0 Å². The van der Waals surface area contributed by atoms with Crippen molar-refractivity contribution in [1.29, 1.82) is 0 Å². The second-order valence-corrected chi connectivity index (χ2v) is 7.78. The Kier molecular flexibility index (Phi) is 7.35. The molecule has 27 heavy (non-hydrogen) atoms. The van der Waals surface area contributed by atoms with Crippen molar-refractivity contribution in [2.24, 2.45) is 0 Å². The SMILES string of the molecule is COC(=O)C(C)(C)c1ccc(C)cc1.Cc1ccc(C(C)(C)C(=O)O)cc1.